The lowest BCUT2D eigenvalue weighted by Crippen LogP contribution is -2.05. The van der Waals surface area contributed by atoms with E-state index >= 15 is 0 Å². The standard InChI is InChI=1S/C56H35N5O/c1-5-17-36(18-6-1)40-29-41(37-19-7-2-8-20-37)31-42(30-40)43-32-48(55-59-53(38-21-9-3-10-22-38)58-54(60-55)39-23-11-4-12-24-39)56(57-35-43)61-49-27-15-13-25-44(49)46-33-47-45-26-14-16-28-51(45)62-52(47)34-50(46)61/h1-35H. The number of hydrogen-bond donors (Lipinski definition) is 0. The lowest BCUT2D eigenvalue weighted by molar-refractivity contribution is 0.669. The minimum Gasteiger partial charge on any atom is -0.456 e. The Morgan fingerprint density at radius 3 is 1.44 bits per heavy atom. The van der Waals surface area contributed by atoms with Crippen molar-refractivity contribution in [1.82, 2.24) is 24.5 Å². The number of para-hydroxylation sites is 2. The Labute approximate surface area is 357 Å². The van der Waals surface area contributed by atoms with Gasteiger partial charge in [-0.15, -0.1) is 0 Å². The van der Waals surface area contributed by atoms with Gasteiger partial charge in [0.25, 0.3) is 0 Å². The highest BCUT2D eigenvalue weighted by atomic mass is 16.3. The van der Waals surface area contributed by atoms with Crippen LogP contribution in [0.25, 0.3) is 117 Å². The van der Waals surface area contributed by atoms with E-state index in [-0.39, 0.29) is 0 Å². The van der Waals surface area contributed by atoms with Gasteiger partial charge in [0.1, 0.15) is 17.0 Å². The van der Waals surface area contributed by atoms with E-state index in [4.69, 9.17) is 24.4 Å². The van der Waals surface area contributed by atoms with Gasteiger partial charge < -0.3 is 4.42 Å². The zero-order valence-corrected chi connectivity index (χ0v) is 33.4. The summed E-state index contributed by atoms with van der Waals surface area (Å²) in [5.74, 6) is 2.37. The predicted octanol–water partition coefficient (Wildman–Crippen LogP) is 14.3. The van der Waals surface area contributed by atoms with E-state index in [1.165, 1.54) is 0 Å². The molecule has 12 aromatic rings. The SMILES string of the molecule is c1ccc(-c2cc(-c3ccccc3)cc(-c3cnc(-n4c5ccccc5c5cc6c(cc54)oc4ccccc46)c(-c4nc(-c5ccccc5)nc(-c5ccccc5)n4)c3)c2)cc1. The lowest BCUT2D eigenvalue weighted by Gasteiger charge is -2.16. The van der Waals surface area contributed by atoms with Crippen molar-refractivity contribution in [3.63, 3.8) is 0 Å². The van der Waals surface area contributed by atoms with Crippen LogP contribution in [-0.2, 0) is 0 Å². The van der Waals surface area contributed by atoms with Crippen LogP contribution < -0.4 is 0 Å². The molecule has 0 atom stereocenters. The van der Waals surface area contributed by atoms with Crippen molar-refractivity contribution in [1.29, 1.82) is 0 Å². The first kappa shape index (κ1) is 35.5. The van der Waals surface area contributed by atoms with Gasteiger partial charge in [-0.1, -0.05) is 158 Å². The van der Waals surface area contributed by atoms with Crippen LogP contribution in [0.1, 0.15) is 0 Å². The second-order valence-corrected chi connectivity index (χ2v) is 15.5. The molecule has 0 spiro atoms. The second kappa shape index (κ2) is 14.7. The van der Waals surface area contributed by atoms with E-state index in [1.54, 1.807) is 0 Å². The molecule has 8 aromatic carbocycles. The summed E-state index contributed by atoms with van der Waals surface area (Å²) in [4.78, 5) is 21.1. The van der Waals surface area contributed by atoms with Gasteiger partial charge in [-0.05, 0) is 70.3 Å². The number of rotatable bonds is 7. The van der Waals surface area contributed by atoms with Crippen LogP contribution in [0.4, 0.5) is 0 Å². The minimum atomic E-state index is 0.514. The Balaban J connectivity index is 1.16. The normalized spacial score (nSPS) is 11.5. The molecule has 0 bridgehead atoms. The number of fused-ring (bicyclic) bond motifs is 6. The molecular weight excluding hydrogens is 759 g/mol. The van der Waals surface area contributed by atoms with E-state index in [2.05, 4.69) is 138 Å². The lowest BCUT2D eigenvalue weighted by atomic mass is 9.93. The highest BCUT2D eigenvalue weighted by Crippen LogP contribution is 2.41. The maximum absolute atomic E-state index is 6.50. The maximum atomic E-state index is 6.50. The Morgan fingerprint density at radius 2 is 0.823 bits per heavy atom. The van der Waals surface area contributed by atoms with Gasteiger partial charge in [-0.2, -0.15) is 0 Å². The third-order valence-electron chi connectivity index (χ3n) is 11.7. The molecule has 0 radical (unpaired) electrons. The van der Waals surface area contributed by atoms with Gasteiger partial charge >= 0.3 is 0 Å². The quantitative estimate of drug-likeness (QED) is 0.161. The van der Waals surface area contributed by atoms with Gasteiger partial charge in [0.2, 0.25) is 0 Å². The van der Waals surface area contributed by atoms with Gasteiger partial charge in [0.15, 0.2) is 17.5 Å². The molecule has 6 nitrogen and oxygen atoms in total. The molecule has 0 aliphatic heterocycles. The van der Waals surface area contributed by atoms with E-state index in [9.17, 15) is 0 Å². The van der Waals surface area contributed by atoms with Crippen LogP contribution in [0.5, 0.6) is 0 Å². The Bertz CT molecular complexity index is 3500. The number of hydrogen-bond acceptors (Lipinski definition) is 5. The molecule has 62 heavy (non-hydrogen) atoms. The van der Waals surface area contributed by atoms with Crippen molar-refractivity contribution >= 4 is 43.7 Å². The molecule has 0 amide bonds. The fourth-order valence-corrected chi connectivity index (χ4v) is 8.69. The molecule has 12 rings (SSSR count). The van der Waals surface area contributed by atoms with Gasteiger partial charge in [-0.25, -0.2) is 19.9 Å². The molecule has 0 fully saturated rings. The monoisotopic (exact) mass is 793 g/mol. The number of benzene rings is 8. The van der Waals surface area contributed by atoms with Gasteiger partial charge in [0.05, 0.1) is 16.6 Å². The number of furan rings is 1. The zero-order valence-electron chi connectivity index (χ0n) is 33.4. The third-order valence-corrected chi connectivity index (χ3v) is 11.7. The number of nitrogens with zero attached hydrogens (tertiary/aromatic N) is 5. The van der Waals surface area contributed by atoms with E-state index in [0.717, 1.165) is 93.8 Å². The highest BCUT2D eigenvalue weighted by Gasteiger charge is 2.23. The number of aromatic nitrogens is 5. The average Bonchev–Trinajstić information content (AvgIpc) is 3.88. The van der Waals surface area contributed by atoms with Gasteiger partial charge in [-0.3, -0.25) is 4.57 Å². The zero-order chi connectivity index (χ0) is 41.0. The van der Waals surface area contributed by atoms with Crippen LogP contribution in [0.2, 0.25) is 0 Å². The van der Waals surface area contributed by atoms with Crippen LogP contribution in [0.3, 0.4) is 0 Å². The van der Waals surface area contributed by atoms with Gasteiger partial charge in [0, 0.05) is 50.5 Å². The average molecular weight is 794 g/mol. The molecule has 0 aliphatic carbocycles. The molecule has 4 heterocycles. The van der Waals surface area contributed by atoms with Crippen LogP contribution in [0, 0.1) is 0 Å². The molecule has 6 heteroatoms. The Hall–Kier alpha value is -8.48. The van der Waals surface area contributed by atoms with Crippen molar-refractivity contribution in [2.24, 2.45) is 0 Å². The predicted molar refractivity (Wildman–Crippen MR) is 252 cm³/mol. The van der Waals surface area contributed by atoms with E-state index in [0.29, 0.717) is 23.3 Å². The molecule has 0 N–H and O–H groups in total. The molecule has 0 unspecified atom stereocenters. The van der Waals surface area contributed by atoms with Crippen molar-refractivity contribution in [2.45, 2.75) is 0 Å². The summed E-state index contributed by atoms with van der Waals surface area (Å²) >= 11 is 0. The van der Waals surface area contributed by atoms with Crippen molar-refractivity contribution in [2.75, 3.05) is 0 Å². The van der Waals surface area contributed by atoms with Crippen molar-refractivity contribution in [3.05, 3.63) is 212 Å². The molecule has 4 aromatic heterocycles. The summed E-state index contributed by atoms with van der Waals surface area (Å²) in [6.45, 7) is 0. The molecular formula is C56H35N5O. The molecule has 0 saturated carbocycles. The first-order valence-corrected chi connectivity index (χ1v) is 20.7. The number of pyridine rings is 1. The summed E-state index contributed by atoms with van der Waals surface area (Å²) in [5.41, 5.74) is 12.7. The molecule has 0 aliphatic rings. The summed E-state index contributed by atoms with van der Waals surface area (Å²) in [6.07, 6.45) is 1.98. The van der Waals surface area contributed by atoms with Crippen LogP contribution in [0.15, 0.2) is 217 Å². The summed E-state index contributed by atoms with van der Waals surface area (Å²) in [5, 5.41) is 4.37. The summed E-state index contributed by atoms with van der Waals surface area (Å²) in [6, 6.07) is 71.3. The third kappa shape index (κ3) is 6.13. The van der Waals surface area contributed by atoms with Crippen LogP contribution in [-0.4, -0.2) is 24.5 Å². The van der Waals surface area contributed by atoms with E-state index < -0.39 is 0 Å². The highest BCUT2D eigenvalue weighted by molar-refractivity contribution is 6.17. The van der Waals surface area contributed by atoms with Crippen LogP contribution >= 0.6 is 0 Å². The Morgan fingerprint density at radius 1 is 0.323 bits per heavy atom. The van der Waals surface area contributed by atoms with Crippen molar-refractivity contribution < 1.29 is 4.42 Å². The minimum absolute atomic E-state index is 0.514. The van der Waals surface area contributed by atoms with E-state index in [1.807, 2.05) is 79.0 Å². The topological polar surface area (TPSA) is 69.6 Å². The van der Waals surface area contributed by atoms with Crippen molar-refractivity contribution in [3.8, 4) is 73.4 Å². The first-order chi connectivity index (χ1) is 30.7. The Kier molecular flexibility index (Phi) is 8.38. The summed E-state index contributed by atoms with van der Waals surface area (Å²) in [7, 11) is 0. The second-order valence-electron chi connectivity index (χ2n) is 15.5. The first-order valence-electron chi connectivity index (χ1n) is 20.7. The fourth-order valence-electron chi connectivity index (χ4n) is 8.69. The fraction of sp³-hybridized carbons (Fsp3) is 0. The maximum Gasteiger partial charge on any atom is 0.167 e. The molecule has 290 valence electrons. The smallest absolute Gasteiger partial charge is 0.167 e. The largest absolute Gasteiger partial charge is 0.456 e. The molecule has 0 saturated heterocycles. The summed E-state index contributed by atoms with van der Waals surface area (Å²) < 4.78 is 8.73.